The molecule has 0 spiro atoms. The number of imide groups is 1. The van der Waals surface area contributed by atoms with E-state index in [1.165, 1.54) is 40.8 Å². The van der Waals surface area contributed by atoms with Gasteiger partial charge in [-0.15, -0.1) is 0 Å². The van der Waals surface area contributed by atoms with Crippen LogP contribution in [-0.4, -0.2) is 26.5 Å². The highest BCUT2D eigenvalue weighted by molar-refractivity contribution is 6.03. The molecule has 0 N–H and O–H groups in total. The van der Waals surface area contributed by atoms with Gasteiger partial charge < -0.3 is 4.74 Å². The minimum atomic E-state index is -0.390. The predicted octanol–water partition coefficient (Wildman–Crippen LogP) is 4.10. The molecule has 0 saturated carbocycles. The Balaban J connectivity index is 1.73. The van der Waals surface area contributed by atoms with E-state index in [0.29, 0.717) is 23.6 Å². The summed E-state index contributed by atoms with van der Waals surface area (Å²) in [5.74, 6) is 0.0174. The van der Waals surface area contributed by atoms with Gasteiger partial charge in [0.1, 0.15) is 23.0 Å². The van der Waals surface area contributed by atoms with Crippen LogP contribution >= 0.6 is 0 Å². The van der Waals surface area contributed by atoms with E-state index in [-0.39, 0.29) is 24.2 Å². The van der Waals surface area contributed by atoms with Gasteiger partial charge in [-0.1, -0.05) is 19.1 Å². The number of carbonyl (C=O) groups excluding carboxylic acids is 2. The second-order valence-electron chi connectivity index (χ2n) is 6.61. The molecule has 0 aliphatic carbocycles. The van der Waals surface area contributed by atoms with Crippen molar-refractivity contribution in [3.05, 3.63) is 77.4 Å². The van der Waals surface area contributed by atoms with E-state index < -0.39 is 0 Å². The molecule has 0 atom stereocenters. The molecule has 0 unspecified atom stereocenters. The second kappa shape index (κ2) is 8.68. The van der Waals surface area contributed by atoms with Crippen molar-refractivity contribution in [2.45, 2.75) is 26.8 Å². The molecule has 0 fully saturated rings. The third-order valence-corrected chi connectivity index (χ3v) is 4.45. The minimum absolute atomic E-state index is 0.137. The molecule has 0 saturated heterocycles. The summed E-state index contributed by atoms with van der Waals surface area (Å²) in [6.45, 7) is 3.45. The number of aryl methyl sites for hydroxylation is 2. The number of rotatable bonds is 6. The third kappa shape index (κ3) is 4.87. The standard InChI is InChI=1S/C22H22FN3O3/c1-4-18-13-21(25(3)24-18)22(28)26(15(2)27)14-16-5-9-19(10-6-16)29-20-11-7-17(23)8-12-20/h5-13H,4,14H2,1-3H3. The number of hydrogen-bond donors (Lipinski definition) is 0. The van der Waals surface area contributed by atoms with Crippen molar-refractivity contribution in [1.29, 1.82) is 0 Å². The topological polar surface area (TPSA) is 64.4 Å². The number of benzene rings is 2. The first-order valence-electron chi connectivity index (χ1n) is 9.25. The largest absolute Gasteiger partial charge is 0.457 e. The van der Waals surface area contributed by atoms with Crippen LogP contribution in [0.2, 0.25) is 0 Å². The summed E-state index contributed by atoms with van der Waals surface area (Å²) in [5, 5.41) is 4.27. The summed E-state index contributed by atoms with van der Waals surface area (Å²) in [5.41, 5.74) is 1.94. The maximum absolute atomic E-state index is 13.0. The van der Waals surface area contributed by atoms with Crippen molar-refractivity contribution in [2.24, 2.45) is 7.05 Å². The molecule has 2 amide bonds. The summed E-state index contributed by atoms with van der Waals surface area (Å²) in [7, 11) is 1.69. The van der Waals surface area contributed by atoms with Crippen molar-refractivity contribution in [3.8, 4) is 11.5 Å². The molecule has 0 aliphatic rings. The van der Waals surface area contributed by atoms with Crippen LogP contribution in [0.25, 0.3) is 0 Å². The monoisotopic (exact) mass is 395 g/mol. The van der Waals surface area contributed by atoms with E-state index in [0.717, 1.165) is 11.3 Å². The molecule has 0 aliphatic heterocycles. The van der Waals surface area contributed by atoms with Crippen molar-refractivity contribution in [2.75, 3.05) is 0 Å². The number of hydrogen-bond acceptors (Lipinski definition) is 4. The molecule has 3 rings (SSSR count). The maximum atomic E-state index is 13.0. The van der Waals surface area contributed by atoms with Gasteiger partial charge >= 0.3 is 0 Å². The lowest BCUT2D eigenvalue weighted by molar-refractivity contribution is -0.126. The summed E-state index contributed by atoms with van der Waals surface area (Å²) in [6, 6.07) is 14.5. The van der Waals surface area contributed by atoms with Crippen LogP contribution in [0.15, 0.2) is 54.6 Å². The molecular weight excluding hydrogens is 373 g/mol. The number of aromatic nitrogens is 2. The van der Waals surface area contributed by atoms with Gasteiger partial charge in [0.2, 0.25) is 5.91 Å². The number of ether oxygens (including phenoxy) is 1. The smallest absolute Gasteiger partial charge is 0.279 e. The van der Waals surface area contributed by atoms with Crippen molar-refractivity contribution in [1.82, 2.24) is 14.7 Å². The van der Waals surface area contributed by atoms with Gasteiger partial charge in [0.15, 0.2) is 0 Å². The second-order valence-corrected chi connectivity index (χ2v) is 6.61. The molecule has 29 heavy (non-hydrogen) atoms. The van der Waals surface area contributed by atoms with Gasteiger partial charge in [0.25, 0.3) is 5.91 Å². The molecular formula is C22H22FN3O3. The molecule has 7 heteroatoms. The van der Waals surface area contributed by atoms with Crippen LogP contribution in [0.5, 0.6) is 11.5 Å². The quantitative estimate of drug-likeness (QED) is 0.630. The highest BCUT2D eigenvalue weighted by Gasteiger charge is 2.23. The summed E-state index contributed by atoms with van der Waals surface area (Å²) in [4.78, 5) is 26.2. The third-order valence-electron chi connectivity index (χ3n) is 4.45. The number of nitrogens with zero attached hydrogens (tertiary/aromatic N) is 3. The van der Waals surface area contributed by atoms with E-state index in [4.69, 9.17) is 4.74 Å². The van der Waals surface area contributed by atoms with Gasteiger partial charge in [-0.25, -0.2) is 4.39 Å². The summed E-state index contributed by atoms with van der Waals surface area (Å²) < 4.78 is 20.1. The van der Waals surface area contributed by atoms with Crippen LogP contribution in [0, 0.1) is 5.82 Å². The van der Waals surface area contributed by atoms with E-state index in [9.17, 15) is 14.0 Å². The normalized spacial score (nSPS) is 10.6. The summed E-state index contributed by atoms with van der Waals surface area (Å²) >= 11 is 0. The van der Waals surface area contributed by atoms with Gasteiger partial charge in [-0.05, 0) is 54.4 Å². The van der Waals surface area contributed by atoms with Gasteiger partial charge in [-0.3, -0.25) is 19.2 Å². The van der Waals surface area contributed by atoms with Crippen LogP contribution < -0.4 is 4.74 Å². The molecule has 1 heterocycles. The zero-order valence-electron chi connectivity index (χ0n) is 16.6. The highest BCUT2D eigenvalue weighted by Crippen LogP contribution is 2.22. The Labute approximate surface area is 168 Å². The van der Waals surface area contributed by atoms with E-state index >= 15 is 0 Å². The number of carbonyl (C=O) groups is 2. The first-order chi connectivity index (χ1) is 13.9. The van der Waals surface area contributed by atoms with Crippen molar-refractivity contribution in [3.63, 3.8) is 0 Å². The van der Waals surface area contributed by atoms with Crippen LogP contribution in [0.1, 0.15) is 35.6 Å². The van der Waals surface area contributed by atoms with Gasteiger partial charge in [0, 0.05) is 14.0 Å². The summed E-state index contributed by atoms with van der Waals surface area (Å²) in [6.07, 6.45) is 0.705. The Morgan fingerprint density at radius 1 is 1.07 bits per heavy atom. The lowest BCUT2D eigenvalue weighted by Gasteiger charge is -2.19. The lowest BCUT2D eigenvalue weighted by Crippen LogP contribution is -2.35. The Kier molecular flexibility index (Phi) is 6.07. The van der Waals surface area contributed by atoms with Crippen LogP contribution in [-0.2, 0) is 24.8 Å². The molecule has 3 aromatic rings. The molecule has 1 aromatic heterocycles. The van der Waals surface area contributed by atoms with Crippen LogP contribution in [0.3, 0.4) is 0 Å². The molecule has 6 nitrogen and oxygen atoms in total. The average Bonchev–Trinajstić information content (AvgIpc) is 3.09. The van der Waals surface area contributed by atoms with Gasteiger partial charge in [0.05, 0.1) is 12.2 Å². The highest BCUT2D eigenvalue weighted by atomic mass is 19.1. The fourth-order valence-electron chi connectivity index (χ4n) is 2.85. The molecule has 2 aromatic carbocycles. The Morgan fingerprint density at radius 3 is 2.17 bits per heavy atom. The average molecular weight is 395 g/mol. The Morgan fingerprint density at radius 2 is 1.66 bits per heavy atom. The first-order valence-corrected chi connectivity index (χ1v) is 9.25. The van der Waals surface area contributed by atoms with Crippen molar-refractivity contribution < 1.29 is 18.7 Å². The van der Waals surface area contributed by atoms with Crippen LogP contribution in [0.4, 0.5) is 4.39 Å². The first kappa shape index (κ1) is 20.3. The SMILES string of the molecule is CCc1cc(C(=O)N(Cc2ccc(Oc3ccc(F)cc3)cc2)C(C)=O)n(C)n1. The van der Waals surface area contributed by atoms with E-state index in [2.05, 4.69) is 5.10 Å². The number of amides is 2. The maximum Gasteiger partial charge on any atom is 0.279 e. The fraction of sp³-hybridized carbons (Fsp3) is 0.227. The molecule has 0 bridgehead atoms. The number of halogens is 1. The predicted molar refractivity (Wildman–Crippen MR) is 106 cm³/mol. The van der Waals surface area contributed by atoms with E-state index in [1.807, 2.05) is 6.92 Å². The lowest BCUT2D eigenvalue weighted by atomic mass is 10.2. The zero-order chi connectivity index (χ0) is 21.0. The zero-order valence-corrected chi connectivity index (χ0v) is 16.6. The fourth-order valence-corrected chi connectivity index (χ4v) is 2.85. The Hall–Kier alpha value is -3.48. The minimum Gasteiger partial charge on any atom is -0.457 e. The van der Waals surface area contributed by atoms with Crippen molar-refractivity contribution >= 4 is 11.8 Å². The van der Waals surface area contributed by atoms with Gasteiger partial charge in [-0.2, -0.15) is 5.10 Å². The Bertz CT molecular complexity index is 1010. The molecule has 150 valence electrons. The molecule has 0 radical (unpaired) electrons. The van der Waals surface area contributed by atoms with E-state index in [1.54, 1.807) is 37.4 Å².